The zero-order valence-corrected chi connectivity index (χ0v) is 4.81. The minimum atomic E-state index is -0.634. The molecule has 0 aromatic rings. The largest absolute Gasteiger partial charge is 0.385 e. The zero-order chi connectivity index (χ0) is 5.86. The van der Waals surface area contributed by atoms with E-state index < -0.39 is 5.50 Å². The number of alkyl halides is 1. The van der Waals surface area contributed by atoms with Gasteiger partial charge in [0.1, 0.15) is 11.3 Å². The second-order valence-corrected chi connectivity index (χ2v) is 1.52. The van der Waals surface area contributed by atoms with Crippen molar-refractivity contribution < 1.29 is 0 Å². The summed E-state index contributed by atoms with van der Waals surface area (Å²) in [6.45, 7) is 0. The predicted octanol–water partition coefficient (Wildman–Crippen LogP) is -0.503. The molecule has 1 atom stereocenters. The smallest absolute Gasteiger partial charge is 0.138 e. The molecular weight excluding hydrogens is 114 g/mol. The Morgan fingerprint density at radius 1 is 1.86 bits per heavy atom. The summed E-state index contributed by atoms with van der Waals surface area (Å²) in [6.07, 6.45) is 0. The van der Waals surface area contributed by atoms with Crippen molar-refractivity contribution in [1.82, 2.24) is 0 Å². The lowest BCUT2D eigenvalue weighted by molar-refractivity contribution is 1.16. The first-order valence-corrected chi connectivity index (χ1v) is 2.24. The second kappa shape index (κ2) is 2.82. The monoisotopic (exact) mass is 121 g/mol. The highest BCUT2D eigenvalue weighted by molar-refractivity contribution is 6.30. The first-order valence-electron chi connectivity index (χ1n) is 1.80. The van der Waals surface area contributed by atoms with Crippen molar-refractivity contribution in [2.24, 2.45) is 16.5 Å². The molecule has 0 amide bonds. The van der Waals surface area contributed by atoms with Crippen molar-refractivity contribution in [3.05, 3.63) is 0 Å². The number of amidine groups is 1. The van der Waals surface area contributed by atoms with Gasteiger partial charge in [0.05, 0.1) is 0 Å². The lowest BCUT2D eigenvalue weighted by Gasteiger charge is -1.96. The predicted molar refractivity (Wildman–Crippen MR) is 31.4 cm³/mol. The van der Waals surface area contributed by atoms with E-state index in [0.717, 1.165) is 0 Å². The normalized spacial score (nSPS) is 16.7. The van der Waals surface area contributed by atoms with E-state index in [-0.39, 0.29) is 5.84 Å². The molecule has 0 aliphatic carbocycles. The fraction of sp³-hybridized carbons (Fsp3) is 0.667. The Morgan fingerprint density at radius 3 is 2.29 bits per heavy atom. The Bertz CT molecular complexity index is 78.2. The van der Waals surface area contributed by atoms with Gasteiger partial charge in [-0.1, -0.05) is 11.6 Å². The molecule has 4 N–H and O–H groups in total. The Balaban J connectivity index is 3.56. The van der Waals surface area contributed by atoms with Crippen LogP contribution in [-0.4, -0.2) is 18.4 Å². The summed E-state index contributed by atoms with van der Waals surface area (Å²) < 4.78 is 0. The summed E-state index contributed by atoms with van der Waals surface area (Å²) in [5, 5.41) is 0. The van der Waals surface area contributed by atoms with E-state index in [1.54, 1.807) is 0 Å². The molecule has 0 radical (unpaired) electrons. The fourth-order valence-electron chi connectivity index (χ4n) is 0.123. The lowest BCUT2D eigenvalue weighted by atomic mass is 10.6. The van der Waals surface area contributed by atoms with E-state index in [2.05, 4.69) is 4.99 Å². The van der Waals surface area contributed by atoms with Crippen LogP contribution in [0.25, 0.3) is 0 Å². The maximum Gasteiger partial charge on any atom is 0.138 e. The Kier molecular flexibility index (Phi) is 2.71. The molecule has 0 fully saturated rings. The van der Waals surface area contributed by atoms with E-state index in [1.165, 1.54) is 7.05 Å². The van der Waals surface area contributed by atoms with Crippen LogP contribution in [0.5, 0.6) is 0 Å². The Morgan fingerprint density at radius 2 is 2.29 bits per heavy atom. The van der Waals surface area contributed by atoms with Crippen LogP contribution < -0.4 is 11.5 Å². The summed E-state index contributed by atoms with van der Waals surface area (Å²) in [7, 11) is 1.54. The summed E-state index contributed by atoms with van der Waals surface area (Å²) in [6, 6.07) is 0. The molecule has 3 nitrogen and oxygen atoms in total. The van der Waals surface area contributed by atoms with Crippen LogP contribution in [0.4, 0.5) is 0 Å². The maximum atomic E-state index is 5.25. The molecule has 0 aromatic heterocycles. The van der Waals surface area contributed by atoms with Crippen LogP contribution in [0, 0.1) is 0 Å². The Labute approximate surface area is 47.3 Å². The van der Waals surface area contributed by atoms with Gasteiger partial charge in [0.2, 0.25) is 0 Å². The third kappa shape index (κ3) is 2.42. The molecule has 0 rings (SSSR count). The number of aliphatic imine (C=N–C) groups is 1. The highest BCUT2D eigenvalue weighted by atomic mass is 35.5. The van der Waals surface area contributed by atoms with E-state index in [0.29, 0.717) is 0 Å². The number of rotatable bonds is 1. The topological polar surface area (TPSA) is 64.4 Å². The second-order valence-electron chi connectivity index (χ2n) is 1.05. The minimum Gasteiger partial charge on any atom is -0.385 e. The summed E-state index contributed by atoms with van der Waals surface area (Å²) in [5.41, 5.74) is 9.53. The van der Waals surface area contributed by atoms with Crippen LogP contribution in [0.2, 0.25) is 0 Å². The van der Waals surface area contributed by atoms with Crippen molar-refractivity contribution in [3.8, 4) is 0 Å². The molecule has 1 unspecified atom stereocenters. The van der Waals surface area contributed by atoms with Gasteiger partial charge in [0, 0.05) is 7.05 Å². The average Bonchev–Trinajstić information content (AvgIpc) is 1.65. The van der Waals surface area contributed by atoms with Gasteiger partial charge in [-0.3, -0.25) is 4.99 Å². The van der Waals surface area contributed by atoms with Crippen LogP contribution in [0.3, 0.4) is 0 Å². The van der Waals surface area contributed by atoms with Gasteiger partial charge in [-0.2, -0.15) is 0 Å². The van der Waals surface area contributed by atoms with Crippen molar-refractivity contribution in [1.29, 1.82) is 0 Å². The lowest BCUT2D eigenvalue weighted by Crippen LogP contribution is -2.31. The number of hydrogen-bond donors (Lipinski definition) is 2. The van der Waals surface area contributed by atoms with Gasteiger partial charge in [-0.15, -0.1) is 0 Å². The molecule has 0 spiro atoms. The van der Waals surface area contributed by atoms with Crippen LogP contribution in [0.1, 0.15) is 0 Å². The van der Waals surface area contributed by atoms with E-state index in [4.69, 9.17) is 23.1 Å². The van der Waals surface area contributed by atoms with Crippen molar-refractivity contribution in [2.45, 2.75) is 5.50 Å². The summed E-state index contributed by atoms with van der Waals surface area (Å²) in [4.78, 5) is 3.53. The van der Waals surface area contributed by atoms with E-state index >= 15 is 0 Å². The van der Waals surface area contributed by atoms with E-state index in [1.807, 2.05) is 0 Å². The highest BCUT2D eigenvalue weighted by Crippen LogP contribution is 1.81. The fourth-order valence-corrected chi connectivity index (χ4v) is 0.221. The summed E-state index contributed by atoms with van der Waals surface area (Å²) in [5.74, 6) is 0.265. The van der Waals surface area contributed by atoms with Gasteiger partial charge in [0.15, 0.2) is 0 Å². The molecule has 0 aliphatic rings. The third-order valence-electron chi connectivity index (χ3n) is 0.541. The van der Waals surface area contributed by atoms with Crippen molar-refractivity contribution in [2.75, 3.05) is 7.05 Å². The average molecular weight is 122 g/mol. The molecule has 0 saturated heterocycles. The quantitative estimate of drug-likeness (QED) is 0.213. The number of halogens is 1. The maximum absolute atomic E-state index is 5.25. The standard InChI is InChI=1S/C3H8ClN3/c1-7-3(6)2(4)5/h2H,5H2,1H3,(H2,6,7). The van der Waals surface area contributed by atoms with Gasteiger partial charge in [-0.25, -0.2) is 0 Å². The first kappa shape index (κ1) is 6.72. The third-order valence-corrected chi connectivity index (χ3v) is 0.764. The molecule has 0 aromatic carbocycles. The van der Waals surface area contributed by atoms with Gasteiger partial charge < -0.3 is 11.5 Å². The van der Waals surface area contributed by atoms with Gasteiger partial charge >= 0.3 is 0 Å². The Hall–Kier alpha value is -0.280. The van der Waals surface area contributed by atoms with Gasteiger partial charge in [-0.05, 0) is 0 Å². The first-order chi connectivity index (χ1) is 3.18. The van der Waals surface area contributed by atoms with Crippen molar-refractivity contribution in [3.63, 3.8) is 0 Å². The summed E-state index contributed by atoms with van der Waals surface area (Å²) >= 11 is 5.25. The molecule has 7 heavy (non-hydrogen) atoms. The number of hydrogen-bond acceptors (Lipinski definition) is 2. The van der Waals surface area contributed by atoms with Crippen LogP contribution >= 0.6 is 11.6 Å². The molecule has 0 bridgehead atoms. The molecule has 42 valence electrons. The SMILES string of the molecule is CN=C(N)C(N)Cl. The van der Waals surface area contributed by atoms with Crippen LogP contribution in [0.15, 0.2) is 4.99 Å². The minimum absolute atomic E-state index is 0.265. The van der Waals surface area contributed by atoms with Gasteiger partial charge in [0.25, 0.3) is 0 Å². The van der Waals surface area contributed by atoms with Crippen LogP contribution in [-0.2, 0) is 0 Å². The van der Waals surface area contributed by atoms with E-state index in [9.17, 15) is 0 Å². The molecule has 0 saturated carbocycles. The highest BCUT2D eigenvalue weighted by Gasteiger charge is 1.96. The zero-order valence-electron chi connectivity index (χ0n) is 4.06. The van der Waals surface area contributed by atoms with Crippen molar-refractivity contribution >= 4 is 17.4 Å². The molecular formula is C3H8ClN3. The number of nitrogens with zero attached hydrogens (tertiary/aromatic N) is 1. The molecule has 0 aliphatic heterocycles. The number of nitrogens with two attached hydrogens (primary N) is 2. The molecule has 0 heterocycles. The molecule has 4 heteroatoms.